The Hall–Kier alpha value is -2.15. The molecule has 0 aromatic heterocycles. The Labute approximate surface area is 225 Å². The normalized spacial score (nSPS) is 42.7. The summed E-state index contributed by atoms with van der Waals surface area (Å²) in [5.41, 5.74) is 2.10. The number of ether oxygens (including phenoxy) is 3. The largest absolute Gasteiger partial charge is 0.482 e. The van der Waals surface area contributed by atoms with E-state index in [2.05, 4.69) is 11.0 Å². The fourth-order valence-electron chi connectivity index (χ4n) is 11.1. The highest BCUT2D eigenvalue weighted by Crippen LogP contribution is 2.92. The van der Waals surface area contributed by atoms with Gasteiger partial charge in [-0.05, 0) is 83.8 Å². The van der Waals surface area contributed by atoms with E-state index in [-0.39, 0.29) is 28.4 Å². The maximum absolute atomic E-state index is 12.8. The molecule has 8 aliphatic rings. The van der Waals surface area contributed by atoms with Crippen molar-refractivity contribution in [2.45, 2.75) is 101 Å². The van der Waals surface area contributed by atoms with Crippen molar-refractivity contribution >= 4 is 5.97 Å². The molecule has 1 N–H and O–H groups in total. The van der Waals surface area contributed by atoms with Gasteiger partial charge in [0.25, 0.3) is 0 Å². The number of nitrogens with zero attached hydrogens (tertiary/aromatic N) is 1. The Bertz CT molecular complexity index is 1330. The van der Waals surface area contributed by atoms with Crippen molar-refractivity contribution in [2.75, 3.05) is 13.7 Å². The summed E-state index contributed by atoms with van der Waals surface area (Å²) < 4.78 is 19.5. The van der Waals surface area contributed by atoms with E-state index in [4.69, 9.17) is 14.2 Å². The molecule has 1 aromatic carbocycles. The molecular weight excluding hydrogens is 478 g/mol. The smallest absolute Gasteiger partial charge is 0.336 e. The molecule has 0 radical (unpaired) electrons. The number of esters is 1. The molecule has 1 saturated heterocycles. The summed E-state index contributed by atoms with van der Waals surface area (Å²) in [5, 5.41) is 11.8. The van der Waals surface area contributed by atoms with Crippen LogP contribution in [-0.2, 0) is 21.4 Å². The van der Waals surface area contributed by atoms with Gasteiger partial charge >= 0.3 is 5.97 Å². The summed E-state index contributed by atoms with van der Waals surface area (Å²) in [7, 11) is 1.82. The lowest BCUT2D eigenvalue weighted by Gasteiger charge is -2.96. The standard InChI is InChI=1S/C32H39NO5/c1-18(2)7-6-8-23(34)37-21-12-11-20-15-22-31-14-13-30(36-5)26(28(3,4)35)32(31,33(22)16-19-9-10-19)17-29(31)24(20)25(21)38-27(29)30/h6-8,11-12,19,22,26-27,35H,9-10,13-17H2,1-5H3/b8-6+/t22-,26-,27-,29+,30+,31?,32?/m1/s1. The molecule has 6 heteroatoms. The minimum atomic E-state index is -0.911. The van der Waals surface area contributed by atoms with Crippen LogP contribution in [0.1, 0.15) is 70.9 Å². The van der Waals surface area contributed by atoms with Gasteiger partial charge in [0.05, 0.1) is 5.60 Å². The van der Waals surface area contributed by atoms with E-state index in [9.17, 15) is 9.90 Å². The Morgan fingerprint density at radius 3 is 2.74 bits per heavy atom. The van der Waals surface area contributed by atoms with Crippen LogP contribution in [0.25, 0.3) is 0 Å². The lowest BCUT2D eigenvalue weighted by Crippen LogP contribution is -3.06. The average Bonchev–Trinajstić information content (AvgIpc) is 3.58. The number of carbonyl (C=O) groups is 1. The number of aliphatic hydroxyl groups is 1. The molecule has 5 saturated carbocycles. The summed E-state index contributed by atoms with van der Waals surface area (Å²) in [6, 6.07) is 4.58. The topological polar surface area (TPSA) is 68.2 Å². The highest BCUT2D eigenvalue weighted by molar-refractivity contribution is 5.85. The molecule has 38 heavy (non-hydrogen) atoms. The fourth-order valence-corrected chi connectivity index (χ4v) is 11.1. The van der Waals surface area contributed by atoms with Gasteiger partial charge in [-0.1, -0.05) is 23.8 Å². The van der Waals surface area contributed by atoms with Crippen LogP contribution in [0.5, 0.6) is 11.5 Å². The Kier molecular flexibility index (Phi) is 4.33. The van der Waals surface area contributed by atoms with E-state index in [1.807, 2.05) is 46.9 Å². The number of allylic oxidation sites excluding steroid dienone is 3. The van der Waals surface area contributed by atoms with Crippen molar-refractivity contribution in [3.8, 4) is 11.5 Å². The molecule has 6 aliphatic carbocycles. The fraction of sp³-hybridized carbons (Fsp3) is 0.656. The van der Waals surface area contributed by atoms with Crippen molar-refractivity contribution in [3.63, 3.8) is 0 Å². The van der Waals surface area contributed by atoms with Crippen molar-refractivity contribution in [1.82, 2.24) is 4.90 Å². The predicted octanol–water partition coefficient (Wildman–Crippen LogP) is 4.47. The SMILES string of the molecule is CO[C@@]12CCC34[C@H]5Cc6ccc(OC(=O)/C=C/C=C(C)C)c7c6[C@@]3(CC4([C@@H]1C(C)(C)O)N5CC1CC1)[C@H]2O7. The Morgan fingerprint density at radius 1 is 1.26 bits per heavy atom. The van der Waals surface area contributed by atoms with E-state index in [0.29, 0.717) is 11.8 Å². The first-order valence-corrected chi connectivity index (χ1v) is 14.5. The average molecular weight is 518 g/mol. The zero-order valence-corrected chi connectivity index (χ0v) is 23.2. The second-order valence-corrected chi connectivity index (χ2v) is 14.1. The summed E-state index contributed by atoms with van der Waals surface area (Å²) in [6.07, 6.45) is 11.5. The van der Waals surface area contributed by atoms with E-state index < -0.39 is 17.2 Å². The lowest BCUT2D eigenvalue weighted by molar-refractivity contribution is -0.470. The molecule has 202 valence electrons. The first-order chi connectivity index (χ1) is 18.1. The molecule has 2 aliphatic heterocycles. The zero-order chi connectivity index (χ0) is 26.5. The number of hydrogen-bond acceptors (Lipinski definition) is 6. The molecule has 6 fully saturated rings. The molecule has 2 heterocycles. The third-order valence-corrected chi connectivity index (χ3v) is 11.8. The highest BCUT2D eigenvalue weighted by Gasteiger charge is 3.00. The van der Waals surface area contributed by atoms with Crippen molar-refractivity contribution < 1.29 is 24.1 Å². The second kappa shape index (κ2) is 6.94. The first-order valence-electron chi connectivity index (χ1n) is 14.5. The minimum absolute atomic E-state index is 0.0445. The third-order valence-electron chi connectivity index (χ3n) is 11.8. The number of hydrogen-bond donors (Lipinski definition) is 1. The van der Waals surface area contributed by atoms with Gasteiger partial charge in [0.1, 0.15) is 11.7 Å². The molecule has 6 nitrogen and oxygen atoms in total. The molecule has 0 amide bonds. The minimum Gasteiger partial charge on any atom is -0.482 e. The van der Waals surface area contributed by atoms with Crippen LogP contribution >= 0.6 is 0 Å². The molecular formula is C32H39NO5. The van der Waals surface area contributed by atoms with Crippen LogP contribution in [0.2, 0.25) is 0 Å². The molecule has 1 aromatic rings. The van der Waals surface area contributed by atoms with E-state index >= 15 is 0 Å². The maximum Gasteiger partial charge on any atom is 0.336 e. The van der Waals surface area contributed by atoms with Crippen molar-refractivity contribution in [2.24, 2.45) is 17.3 Å². The number of piperidine rings is 1. The van der Waals surface area contributed by atoms with Gasteiger partial charge in [-0.3, -0.25) is 4.90 Å². The van der Waals surface area contributed by atoms with Gasteiger partial charge in [-0.2, -0.15) is 0 Å². The van der Waals surface area contributed by atoms with Crippen LogP contribution in [0.4, 0.5) is 0 Å². The van der Waals surface area contributed by atoms with Gasteiger partial charge < -0.3 is 19.3 Å². The molecule has 7 atom stereocenters. The second-order valence-electron chi connectivity index (χ2n) is 14.1. The Balaban J connectivity index is 1.29. The zero-order valence-electron chi connectivity index (χ0n) is 23.2. The van der Waals surface area contributed by atoms with E-state index in [1.165, 1.54) is 30.0 Å². The number of rotatable bonds is 7. The summed E-state index contributed by atoms with van der Waals surface area (Å²) in [5.74, 6) is 1.59. The molecule has 9 rings (SSSR count). The van der Waals surface area contributed by atoms with E-state index in [1.54, 1.807) is 6.08 Å². The van der Waals surface area contributed by atoms with Crippen LogP contribution in [0.15, 0.2) is 35.9 Å². The van der Waals surface area contributed by atoms with Gasteiger partial charge in [0.15, 0.2) is 11.5 Å². The monoisotopic (exact) mass is 517 g/mol. The van der Waals surface area contributed by atoms with Gasteiger partial charge in [-0.15, -0.1) is 0 Å². The molecule has 3 spiro atoms. The Morgan fingerprint density at radius 2 is 2.05 bits per heavy atom. The molecule has 4 bridgehead atoms. The van der Waals surface area contributed by atoms with Gasteiger partial charge in [0.2, 0.25) is 0 Å². The van der Waals surface area contributed by atoms with E-state index in [0.717, 1.165) is 49.5 Å². The van der Waals surface area contributed by atoms with Crippen LogP contribution in [0.3, 0.4) is 0 Å². The summed E-state index contributed by atoms with van der Waals surface area (Å²) in [4.78, 5) is 15.6. The van der Waals surface area contributed by atoms with Crippen molar-refractivity contribution in [3.05, 3.63) is 47.1 Å². The van der Waals surface area contributed by atoms with Gasteiger partial charge in [0, 0.05) is 53.6 Å². The quantitative estimate of drug-likeness (QED) is 0.249. The number of likely N-dealkylation sites (tertiary alicyclic amines) is 1. The maximum atomic E-state index is 12.8. The first kappa shape index (κ1) is 23.7. The summed E-state index contributed by atoms with van der Waals surface area (Å²) >= 11 is 0. The number of carbonyl (C=O) groups excluding carboxylic acids is 1. The van der Waals surface area contributed by atoms with Crippen LogP contribution < -0.4 is 9.47 Å². The number of methoxy groups -OCH3 is 1. The summed E-state index contributed by atoms with van der Waals surface area (Å²) in [6.45, 7) is 9.08. The third kappa shape index (κ3) is 2.31. The van der Waals surface area contributed by atoms with Crippen molar-refractivity contribution in [1.29, 1.82) is 0 Å². The lowest BCUT2D eigenvalue weighted by atomic mass is 9.16. The molecule has 2 unspecified atom stereocenters. The number of fused-ring (bicyclic) bond motifs is 1. The van der Waals surface area contributed by atoms with Crippen LogP contribution in [0, 0.1) is 17.3 Å². The highest BCUT2D eigenvalue weighted by atomic mass is 16.6. The van der Waals surface area contributed by atoms with Gasteiger partial charge in [-0.25, -0.2) is 4.79 Å². The number of benzene rings is 1. The predicted molar refractivity (Wildman–Crippen MR) is 142 cm³/mol. The van der Waals surface area contributed by atoms with Crippen LogP contribution in [-0.4, -0.2) is 58.5 Å².